The van der Waals surface area contributed by atoms with E-state index in [0.717, 1.165) is 18.5 Å². The summed E-state index contributed by atoms with van der Waals surface area (Å²) in [6, 6.07) is 3.33. The summed E-state index contributed by atoms with van der Waals surface area (Å²) in [6.45, 7) is -0.593. The van der Waals surface area contributed by atoms with E-state index in [2.05, 4.69) is 20.3 Å². The molecule has 1 saturated heterocycles. The van der Waals surface area contributed by atoms with E-state index in [0.29, 0.717) is 13.0 Å². The van der Waals surface area contributed by atoms with Crippen molar-refractivity contribution in [1.82, 2.24) is 9.97 Å². The van der Waals surface area contributed by atoms with Gasteiger partial charge in [0.1, 0.15) is 35.5 Å². The number of nitrogens with zero attached hydrogens (tertiary/aromatic N) is 3. The van der Waals surface area contributed by atoms with E-state index in [1.807, 2.05) is 0 Å². The number of rotatable bonds is 5. The molecule has 0 spiro atoms. The van der Waals surface area contributed by atoms with E-state index >= 15 is 0 Å². The van der Waals surface area contributed by atoms with E-state index in [-0.39, 0.29) is 29.6 Å². The van der Waals surface area contributed by atoms with Crippen LogP contribution in [0.3, 0.4) is 0 Å². The third kappa shape index (κ3) is 3.97. The highest BCUT2D eigenvalue weighted by Crippen LogP contribution is 2.44. The van der Waals surface area contributed by atoms with Crippen molar-refractivity contribution in [3.63, 3.8) is 0 Å². The molecule has 2 aliphatic heterocycles. The van der Waals surface area contributed by atoms with Crippen LogP contribution in [0.25, 0.3) is 0 Å². The average Bonchev–Trinajstić information content (AvgIpc) is 2.79. The van der Waals surface area contributed by atoms with Crippen molar-refractivity contribution >= 4 is 17.6 Å². The van der Waals surface area contributed by atoms with E-state index < -0.39 is 48.1 Å². The summed E-state index contributed by atoms with van der Waals surface area (Å²) >= 11 is 0. The molecule has 3 N–H and O–H groups in total. The number of ether oxygens (including phenoxy) is 2. The van der Waals surface area contributed by atoms with E-state index in [9.17, 15) is 22.4 Å². The predicted molar refractivity (Wildman–Crippen MR) is 104 cm³/mol. The molecule has 3 heterocycles. The molecule has 2 aliphatic rings. The normalized spacial score (nSPS) is 25.0. The Morgan fingerprint density at radius 2 is 2.12 bits per heavy atom. The number of carbonyl (C=O) groups excluding carboxylic acids is 1. The number of amides is 1. The Morgan fingerprint density at radius 1 is 1.31 bits per heavy atom. The van der Waals surface area contributed by atoms with Gasteiger partial charge in [0.2, 0.25) is 0 Å². The van der Waals surface area contributed by atoms with Gasteiger partial charge < -0.3 is 20.5 Å². The molecule has 4 rings (SSSR count). The van der Waals surface area contributed by atoms with Crippen molar-refractivity contribution in [3.8, 4) is 0 Å². The highest BCUT2D eigenvalue weighted by atomic mass is 19.3. The second-order valence-electron chi connectivity index (χ2n) is 7.41. The molecule has 1 amide bonds. The highest BCUT2D eigenvalue weighted by molar-refractivity contribution is 6.02. The SMILES string of the molecule is NC1=N[C@](CF)(c2cc(NC(=O)c3cnc(C(F)F)cn3)ccc2F)[C@H]2COCC[C@H]2O1. The van der Waals surface area contributed by atoms with Gasteiger partial charge in [-0.2, -0.15) is 0 Å². The Hall–Kier alpha value is -3.28. The number of carbonyl (C=O) groups is 1. The fourth-order valence-electron chi connectivity index (χ4n) is 3.92. The zero-order chi connectivity index (χ0) is 22.9. The monoisotopic (exact) mass is 453 g/mol. The third-order valence-electron chi connectivity index (χ3n) is 5.51. The summed E-state index contributed by atoms with van der Waals surface area (Å²) in [4.78, 5) is 23.7. The molecule has 1 fully saturated rings. The van der Waals surface area contributed by atoms with Crippen LogP contribution in [-0.2, 0) is 15.0 Å². The van der Waals surface area contributed by atoms with Crippen LogP contribution in [-0.4, -0.2) is 47.9 Å². The Balaban J connectivity index is 1.66. The molecule has 12 heteroatoms. The second-order valence-corrected chi connectivity index (χ2v) is 7.41. The molecule has 3 atom stereocenters. The number of hydrogen-bond donors (Lipinski definition) is 2. The summed E-state index contributed by atoms with van der Waals surface area (Å²) in [5, 5.41) is 2.48. The summed E-state index contributed by atoms with van der Waals surface area (Å²) in [5.41, 5.74) is 3.27. The number of benzene rings is 1. The maximum atomic E-state index is 14.9. The molecule has 2 aromatic rings. The minimum Gasteiger partial charge on any atom is -0.462 e. The van der Waals surface area contributed by atoms with Crippen LogP contribution < -0.4 is 11.1 Å². The van der Waals surface area contributed by atoms with Gasteiger partial charge in [0, 0.05) is 17.7 Å². The smallest absolute Gasteiger partial charge is 0.283 e. The lowest BCUT2D eigenvalue weighted by atomic mass is 9.74. The van der Waals surface area contributed by atoms with Crippen LogP contribution in [0, 0.1) is 11.7 Å². The third-order valence-corrected chi connectivity index (χ3v) is 5.51. The number of fused-ring (bicyclic) bond motifs is 1. The standard InChI is InChI=1S/C20H19F4N5O3/c21-9-20(12-8-31-4-3-16(12)32-19(25)29-20)11-5-10(1-2-13(11)22)28-18(30)15-7-26-14(6-27-15)17(23)24/h1-2,5-7,12,16-17H,3-4,8-9H2,(H2,25,29)(H,28,30)/t12-,16+,20+/m0/s1. The van der Waals surface area contributed by atoms with Gasteiger partial charge in [-0.1, -0.05) is 0 Å². The first-order valence-corrected chi connectivity index (χ1v) is 9.71. The summed E-state index contributed by atoms with van der Waals surface area (Å²) < 4.78 is 65.6. The fraction of sp³-hybridized carbons (Fsp3) is 0.400. The minimum absolute atomic E-state index is 0.0907. The second kappa shape index (κ2) is 8.69. The lowest BCUT2D eigenvalue weighted by Gasteiger charge is -2.45. The van der Waals surface area contributed by atoms with Crippen LogP contribution in [0.4, 0.5) is 23.2 Å². The van der Waals surface area contributed by atoms with Crippen LogP contribution in [0.2, 0.25) is 0 Å². The molecule has 0 saturated carbocycles. The molecule has 0 aliphatic carbocycles. The first kappa shape index (κ1) is 21.9. The van der Waals surface area contributed by atoms with Crippen LogP contribution in [0.15, 0.2) is 35.6 Å². The van der Waals surface area contributed by atoms with Gasteiger partial charge in [-0.25, -0.2) is 27.5 Å². The van der Waals surface area contributed by atoms with Crippen LogP contribution in [0.1, 0.15) is 34.6 Å². The van der Waals surface area contributed by atoms with Crippen LogP contribution >= 0.6 is 0 Å². The number of nitrogens with one attached hydrogen (secondary N) is 1. The lowest BCUT2D eigenvalue weighted by Crippen LogP contribution is -2.54. The fourth-order valence-corrected chi connectivity index (χ4v) is 3.92. The van der Waals surface area contributed by atoms with Crippen molar-refractivity contribution < 1.29 is 31.8 Å². The summed E-state index contributed by atoms with van der Waals surface area (Å²) in [6.07, 6.45) is -1.20. The zero-order valence-electron chi connectivity index (χ0n) is 16.6. The van der Waals surface area contributed by atoms with Gasteiger partial charge in [0.15, 0.2) is 0 Å². The zero-order valence-corrected chi connectivity index (χ0v) is 16.6. The number of aliphatic imine (C=N–C) groups is 1. The molecule has 0 radical (unpaired) electrons. The highest BCUT2D eigenvalue weighted by Gasteiger charge is 2.52. The molecule has 0 bridgehead atoms. The Morgan fingerprint density at radius 3 is 2.81 bits per heavy atom. The number of alkyl halides is 3. The number of aromatic nitrogens is 2. The van der Waals surface area contributed by atoms with Gasteiger partial charge in [-0.3, -0.25) is 9.78 Å². The van der Waals surface area contributed by atoms with E-state index in [1.54, 1.807) is 0 Å². The largest absolute Gasteiger partial charge is 0.462 e. The summed E-state index contributed by atoms with van der Waals surface area (Å²) in [7, 11) is 0. The van der Waals surface area contributed by atoms with E-state index in [4.69, 9.17) is 15.2 Å². The Labute approximate surface area is 179 Å². The van der Waals surface area contributed by atoms with E-state index in [1.165, 1.54) is 12.1 Å². The molecule has 32 heavy (non-hydrogen) atoms. The molecule has 170 valence electrons. The topological polar surface area (TPSA) is 112 Å². The van der Waals surface area contributed by atoms with Crippen molar-refractivity contribution in [2.75, 3.05) is 25.2 Å². The molecule has 8 nitrogen and oxygen atoms in total. The minimum atomic E-state index is -2.82. The number of hydrogen-bond acceptors (Lipinski definition) is 7. The van der Waals surface area contributed by atoms with Gasteiger partial charge in [-0.15, -0.1) is 0 Å². The van der Waals surface area contributed by atoms with Crippen molar-refractivity contribution in [2.45, 2.75) is 24.5 Å². The van der Waals surface area contributed by atoms with Crippen molar-refractivity contribution in [1.29, 1.82) is 0 Å². The van der Waals surface area contributed by atoms with Gasteiger partial charge >= 0.3 is 0 Å². The Kier molecular flexibility index (Phi) is 5.96. The first-order valence-electron chi connectivity index (χ1n) is 9.71. The van der Waals surface area contributed by atoms with Gasteiger partial charge in [0.25, 0.3) is 18.4 Å². The first-order chi connectivity index (χ1) is 15.3. The van der Waals surface area contributed by atoms with Crippen LogP contribution in [0.5, 0.6) is 0 Å². The quantitative estimate of drug-likeness (QED) is 0.674. The maximum Gasteiger partial charge on any atom is 0.283 e. The van der Waals surface area contributed by atoms with Gasteiger partial charge in [0.05, 0.1) is 31.5 Å². The lowest BCUT2D eigenvalue weighted by molar-refractivity contribution is -0.0785. The average molecular weight is 453 g/mol. The molecular formula is C20H19F4N5O3. The number of nitrogens with two attached hydrogens (primary N) is 1. The Bertz CT molecular complexity index is 1040. The summed E-state index contributed by atoms with van der Waals surface area (Å²) in [5.74, 6) is -2.15. The molecule has 1 aromatic heterocycles. The predicted octanol–water partition coefficient (Wildman–Crippen LogP) is 2.72. The van der Waals surface area contributed by atoms with Crippen molar-refractivity contribution in [3.05, 3.63) is 53.4 Å². The number of halogens is 4. The maximum absolute atomic E-state index is 14.9. The van der Waals surface area contributed by atoms with Gasteiger partial charge in [-0.05, 0) is 18.2 Å². The molecular weight excluding hydrogens is 434 g/mol. The number of anilines is 1. The number of amidine groups is 1. The molecule has 1 aromatic carbocycles. The molecule has 0 unspecified atom stereocenters. The van der Waals surface area contributed by atoms with Crippen molar-refractivity contribution in [2.24, 2.45) is 16.6 Å².